The second-order valence-electron chi connectivity index (χ2n) is 5.67. The van der Waals surface area contributed by atoms with Gasteiger partial charge in [-0.15, -0.1) is 0 Å². The maximum Gasteiger partial charge on any atom is 0.253 e. The molecule has 0 unspecified atom stereocenters. The van der Waals surface area contributed by atoms with Crippen molar-refractivity contribution in [2.75, 3.05) is 12.4 Å². The van der Waals surface area contributed by atoms with Crippen LogP contribution in [0, 0.1) is 12.7 Å². The van der Waals surface area contributed by atoms with Crippen LogP contribution in [0.15, 0.2) is 60.3 Å². The van der Waals surface area contributed by atoms with E-state index in [1.807, 2.05) is 19.1 Å². The number of aryl methyl sites for hydroxylation is 1. The van der Waals surface area contributed by atoms with E-state index in [0.29, 0.717) is 29.9 Å². The van der Waals surface area contributed by atoms with Crippen LogP contribution in [-0.4, -0.2) is 18.9 Å². The molecule has 6 heteroatoms. The Morgan fingerprint density at radius 3 is 2.42 bits per heavy atom. The molecule has 136 valence electrons. The number of halogens is 1. The second-order valence-corrected chi connectivity index (χ2v) is 5.67. The largest absolute Gasteiger partial charge is 0.497 e. The van der Waals surface area contributed by atoms with Crippen molar-refractivity contribution >= 4 is 17.5 Å². The molecular formula is C20H21FN2O3. The summed E-state index contributed by atoms with van der Waals surface area (Å²) in [6, 6.07) is 13.4. The Labute approximate surface area is 151 Å². The van der Waals surface area contributed by atoms with Gasteiger partial charge in [-0.2, -0.15) is 0 Å². The van der Waals surface area contributed by atoms with Crippen molar-refractivity contribution in [3.8, 4) is 5.75 Å². The number of rotatable bonds is 3. The van der Waals surface area contributed by atoms with Crippen LogP contribution in [0.3, 0.4) is 0 Å². The summed E-state index contributed by atoms with van der Waals surface area (Å²) in [4.78, 5) is 23.1. The maximum absolute atomic E-state index is 12.1. The molecule has 0 fully saturated rings. The fourth-order valence-corrected chi connectivity index (χ4v) is 2.22. The van der Waals surface area contributed by atoms with Crippen molar-refractivity contribution in [2.45, 2.75) is 19.8 Å². The van der Waals surface area contributed by atoms with Gasteiger partial charge in [0.1, 0.15) is 11.6 Å². The highest BCUT2D eigenvalue weighted by Crippen LogP contribution is 2.23. The van der Waals surface area contributed by atoms with Gasteiger partial charge < -0.3 is 15.4 Å². The summed E-state index contributed by atoms with van der Waals surface area (Å²) in [5, 5.41) is 5.38. The van der Waals surface area contributed by atoms with Crippen LogP contribution in [-0.2, 0) is 9.59 Å². The molecule has 2 aromatic carbocycles. The van der Waals surface area contributed by atoms with E-state index >= 15 is 0 Å². The average Bonchev–Trinajstić information content (AvgIpc) is 2.65. The molecule has 0 aromatic heterocycles. The van der Waals surface area contributed by atoms with Crippen LogP contribution in [0.4, 0.5) is 10.1 Å². The first-order valence-corrected chi connectivity index (χ1v) is 8.14. The average molecular weight is 356 g/mol. The summed E-state index contributed by atoms with van der Waals surface area (Å²) in [7, 11) is 1.58. The number of amides is 2. The number of methoxy groups -OCH3 is 1. The molecule has 1 aliphatic rings. The number of hydrogen-bond acceptors (Lipinski definition) is 3. The third kappa shape index (κ3) is 5.73. The van der Waals surface area contributed by atoms with E-state index in [2.05, 4.69) is 10.6 Å². The van der Waals surface area contributed by atoms with Crippen LogP contribution in [0.5, 0.6) is 5.75 Å². The van der Waals surface area contributed by atoms with E-state index < -0.39 is 0 Å². The molecule has 2 amide bonds. The van der Waals surface area contributed by atoms with E-state index in [0.717, 1.165) is 5.56 Å². The van der Waals surface area contributed by atoms with E-state index in [1.54, 1.807) is 31.4 Å². The van der Waals surface area contributed by atoms with Gasteiger partial charge in [0.05, 0.1) is 7.11 Å². The Hall–Kier alpha value is -3.15. The predicted molar refractivity (Wildman–Crippen MR) is 98.2 cm³/mol. The van der Waals surface area contributed by atoms with Crippen LogP contribution < -0.4 is 15.4 Å². The molecule has 0 bridgehead atoms. The molecule has 3 rings (SSSR count). The number of carbonyl (C=O) groups is 2. The Kier molecular flexibility index (Phi) is 6.91. The summed E-state index contributed by atoms with van der Waals surface area (Å²) < 4.78 is 17.0. The zero-order valence-electron chi connectivity index (χ0n) is 14.7. The summed E-state index contributed by atoms with van der Waals surface area (Å²) in [5.74, 6) is 0.250. The number of ether oxygens (including phenoxy) is 1. The molecule has 0 saturated heterocycles. The van der Waals surface area contributed by atoms with Crippen LogP contribution in [0.2, 0.25) is 0 Å². The molecule has 0 saturated carbocycles. The van der Waals surface area contributed by atoms with Gasteiger partial charge in [-0.1, -0.05) is 24.3 Å². The first-order valence-electron chi connectivity index (χ1n) is 8.14. The molecule has 2 N–H and O–H groups in total. The Morgan fingerprint density at radius 2 is 1.88 bits per heavy atom. The second kappa shape index (κ2) is 9.36. The molecule has 0 atom stereocenters. The lowest BCUT2D eigenvalue weighted by Crippen LogP contribution is -2.26. The SMILES string of the molecule is COc1ccc(C)c(NC(=O)C2=CNC(=O)CC2)c1.Fc1ccccc1. The predicted octanol–water partition coefficient (Wildman–Crippen LogP) is 3.56. The van der Waals surface area contributed by atoms with Gasteiger partial charge >= 0.3 is 0 Å². The summed E-state index contributed by atoms with van der Waals surface area (Å²) in [6.07, 6.45) is 2.27. The summed E-state index contributed by atoms with van der Waals surface area (Å²) in [5.41, 5.74) is 2.23. The van der Waals surface area contributed by atoms with E-state index in [-0.39, 0.29) is 17.6 Å². The normalized spacial score (nSPS) is 12.9. The fraction of sp³-hybridized carbons (Fsp3) is 0.200. The van der Waals surface area contributed by atoms with Crippen molar-refractivity contribution in [1.29, 1.82) is 0 Å². The number of benzene rings is 2. The highest BCUT2D eigenvalue weighted by Gasteiger charge is 2.16. The van der Waals surface area contributed by atoms with Gasteiger partial charge in [0.15, 0.2) is 0 Å². The van der Waals surface area contributed by atoms with Crippen molar-refractivity contribution in [1.82, 2.24) is 5.32 Å². The molecule has 1 heterocycles. The summed E-state index contributed by atoms with van der Waals surface area (Å²) >= 11 is 0. The molecule has 0 spiro atoms. The lowest BCUT2D eigenvalue weighted by Gasteiger charge is -2.15. The Balaban J connectivity index is 0.000000290. The molecule has 0 radical (unpaired) electrons. The Morgan fingerprint density at radius 1 is 1.15 bits per heavy atom. The zero-order valence-corrected chi connectivity index (χ0v) is 14.7. The van der Waals surface area contributed by atoms with Gasteiger partial charge in [0.25, 0.3) is 5.91 Å². The van der Waals surface area contributed by atoms with Crippen molar-refractivity contribution in [3.63, 3.8) is 0 Å². The van der Waals surface area contributed by atoms with Crippen LogP contribution >= 0.6 is 0 Å². The van der Waals surface area contributed by atoms with Crippen LogP contribution in [0.25, 0.3) is 0 Å². The lowest BCUT2D eigenvalue weighted by molar-refractivity contribution is -0.120. The van der Waals surface area contributed by atoms with Gasteiger partial charge in [-0.05, 0) is 37.1 Å². The monoisotopic (exact) mass is 356 g/mol. The number of anilines is 1. The number of carbonyl (C=O) groups excluding carboxylic acids is 2. The zero-order chi connectivity index (χ0) is 18.9. The van der Waals surface area contributed by atoms with Crippen molar-refractivity contribution in [2.24, 2.45) is 0 Å². The number of nitrogens with one attached hydrogen (secondary N) is 2. The minimum atomic E-state index is -0.198. The van der Waals surface area contributed by atoms with E-state index in [1.165, 1.54) is 18.3 Å². The Bertz CT molecular complexity index is 804. The molecular weight excluding hydrogens is 335 g/mol. The molecule has 26 heavy (non-hydrogen) atoms. The van der Waals surface area contributed by atoms with Crippen molar-refractivity contribution in [3.05, 3.63) is 71.7 Å². The lowest BCUT2D eigenvalue weighted by atomic mass is 10.1. The first kappa shape index (κ1) is 19.2. The number of hydrogen-bond donors (Lipinski definition) is 2. The quantitative estimate of drug-likeness (QED) is 0.884. The van der Waals surface area contributed by atoms with Crippen molar-refractivity contribution < 1.29 is 18.7 Å². The highest BCUT2D eigenvalue weighted by molar-refractivity contribution is 6.05. The maximum atomic E-state index is 12.1. The van der Waals surface area contributed by atoms with Gasteiger partial charge in [-0.3, -0.25) is 9.59 Å². The van der Waals surface area contributed by atoms with Gasteiger partial charge in [-0.25, -0.2) is 4.39 Å². The third-order valence-corrected chi connectivity index (χ3v) is 3.75. The summed E-state index contributed by atoms with van der Waals surface area (Å²) in [6.45, 7) is 1.91. The fourth-order valence-electron chi connectivity index (χ4n) is 2.22. The smallest absolute Gasteiger partial charge is 0.253 e. The molecule has 5 nitrogen and oxygen atoms in total. The van der Waals surface area contributed by atoms with E-state index in [4.69, 9.17) is 4.74 Å². The minimum Gasteiger partial charge on any atom is -0.497 e. The van der Waals surface area contributed by atoms with Gasteiger partial charge in [0, 0.05) is 29.9 Å². The first-order chi connectivity index (χ1) is 12.5. The highest BCUT2D eigenvalue weighted by atomic mass is 19.1. The molecule has 2 aromatic rings. The van der Waals surface area contributed by atoms with Gasteiger partial charge in [0.2, 0.25) is 5.91 Å². The van der Waals surface area contributed by atoms with Crippen LogP contribution in [0.1, 0.15) is 18.4 Å². The minimum absolute atomic E-state index is 0.0610. The van der Waals surface area contributed by atoms with E-state index in [9.17, 15) is 14.0 Å². The topological polar surface area (TPSA) is 67.4 Å². The molecule has 1 aliphatic heterocycles. The standard InChI is InChI=1S/C14H16N2O3.C6H5F/c1-9-3-5-11(19-2)7-12(9)16-14(18)10-4-6-13(17)15-8-10;7-6-4-2-1-3-5-6/h3,5,7-8H,4,6H2,1-2H3,(H,15,17)(H,16,18);1-5H. The third-order valence-electron chi connectivity index (χ3n) is 3.75. The molecule has 0 aliphatic carbocycles.